The molecule has 2 aromatic carbocycles. The van der Waals surface area contributed by atoms with Crippen LogP contribution in [0, 0.1) is 6.92 Å². The van der Waals surface area contributed by atoms with E-state index in [-0.39, 0.29) is 37.4 Å². The molecule has 3 heterocycles. The highest BCUT2D eigenvalue weighted by Gasteiger charge is 2.30. The van der Waals surface area contributed by atoms with Crippen molar-refractivity contribution < 1.29 is 23.9 Å². The van der Waals surface area contributed by atoms with Crippen molar-refractivity contribution >= 4 is 40.3 Å². The molecule has 0 saturated heterocycles. The molecule has 0 bridgehead atoms. The topological polar surface area (TPSA) is 89.0 Å². The minimum absolute atomic E-state index is 0.0137. The molecule has 0 unspecified atom stereocenters. The molecule has 0 atom stereocenters. The molecule has 0 N–H and O–H groups in total. The van der Waals surface area contributed by atoms with Gasteiger partial charge in [0.2, 0.25) is 0 Å². The summed E-state index contributed by atoms with van der Waals surface area (Å²) in [5.74, 6) is 0.438. The van der Waals surface area contributed by atoms with E-state index in [1.54, 1.807) is 40.5 Å². The second-order valence-corrected chi connectivity index (χ2v) is 9.20. The number of ether oxygens (including phenoxy) is 2. The number of hydrogen-bond acceptors (Lipinski definition) is 7. The van der Waals surface area contributed by atoms with Crippen LogP contribution < -0.4 is 19.3 Å². The van der Waals surface area contributed by atoms with Gasteiger partial charge in [0.25, 0.3) is 11.8 Å². The molecular weight excluding hydrogens is 454 g/mol. The molecule has 9 heteroatoms. The highest BCUT2D eigenvalue weighted by Crippen LogP contribution is 2.37. The fourth-order valence-electron chi connectivity index (χ4n) is 4.11. The number of ketones is 1. The van der Waals surface area contributed by atoms with Crippen LogP contribution in [0.25, 0.3) is 11.3 Å². The molecule has 2 aliphatic rings. The van der Waals surface area contributed by atoms with E-state index in [1.807, 2.05) is 31.4 Å². The average Bonchev–Trinajstić information content (AvgIpc) is 3.28. The maximum Gasteiger partial charge on any atom is 0.265 e. The van der Waals surface area contributed by atoms with Crippen molar-refractivity contribution in [2.45, 2.75) is 20.3 Å². The summed E-state index contributed by atoms with van der Waals surface area (Å²) in [4.78, 5) is 46.0. The number of anilines is 2. The van der Waals surface area contributed by atoms with Gasteiger partial charge in [-0.05, 0) is 49.7 Å². The number of carbonyl (C=O) groups is 3. The Hall–Kier alpha value is -3.72. The Kier molecular flexibility index (Phi) is 5.79. The first-order valence-corrected chi connectivity index (χ1v) is 11.9. The minimum atomic E-state index is -0.295. The third kappa shape index (κ3) is 4.03. The van der Waals surface area contributed by atoms with Crippen molar-refractivity contribution in [3.8, 4) is 22.8 Å². The van der Waals surface area contributed by atoms with Crippen LogP contribution in [-0.2, 0) is 9.59 Å². The lowest BCUT2D eigenvalue weighted by Crippen LogP contribution is -2.42. The zero-order valence-electron chi connectivity index (χ0n) is 18.9. The van der Waals surface area contributed by atoms with Crippen LogP contribution in [0.2, 0.25) is 0 Å². The van der Waals surface area contributed by atoms with E-state index in [1.165, 1.54) is 4.90 Å². The average molecular weight is 478 g/mol. The largest absolute Gasteiger partial charge is 0.482 e. The van der Waals surface area contributed by atoms with Crippen LogP contribution in [0.3, 0.4) is 0 Å². The zero-order chi connectivity index (χ0) is 23.8. The predicted molar refractivity (Wildman–Crippen MR) is 129 cm³/mol. The summed E-state index contributed by atoms with van der Waals surface area (Å²) in [6, 6.07) is 10.6. The van der Waals surface area contributed by atoms with Gasteiger partial charge in [-0.1, -0.05) is 6.92 Å². The second kappa shape index (κ2) is 8.90. The molecule has 0 radical (unpaired) electrons. The number of aromatic nitrogens is 1. The third-order valence-corrected chi connectivity index (χ3v) is 6.56. The van der Waals surface area contributed by atoms with E-state index in [0.29, 0.717) is 35.0 Å². The van der Waals surface area contributed by atoms with Gasteiger partial charge in [0.1, 0.15) is 11.5 Å². The fraction of sp³-hybridized carbons (Fsp3) is 0.280. The summed E-state index contributed by atoms with van der Waals surface area (Å²) in [5.41, 5.74) is 3.18. The van der Waals surface area contributed by atoms with Crippen LogP contribution >= 0.6 is 11.3 Å². The summed E-state index contributed by atoms with van der Waals surface area (Å²) >= 11 is 1.55. The molecule has 0 spiro atoms. The van der Waals surface area contributed by atoms with Gasteiger partial charge in [0, 0.05) is 23.1 Å². The van der Waals surface area contributed by atoms with Crippen LogP contribution in [-0.4, -0.2) is 48.9 Å². The van der Waals surface area contributed by atoms with Gasteiger partial charge in [-0.25, -0.2) is 4.98 Å². The highest BCUT2D eigenvalue weighted by molar-refractivity contribution is 7.09. The Balaban J connectivity index is 1.44. The lowest BCUT2D eigenvalue weighted by atomic mass is 10.1. The van der Waals surface area contributed by atoms with Crippen molar-refractivity contribution in [1.82, 2.24) is 4.98 Å². The molecule has 8 nitrogen and oxygen atoms in total. The number of thiazole rings is 1. The zero-order valence-corrected chi connectivity index (χ0v) is 19.7. The quantitative estimate of drug-likeness (QED) is 0.501. The Morgan fingerprint density at radius 2 is 1.68 bits per heavy atom. The Morgan fingerprint density at radius 1 is 1.00 bits per heavy atom. The van der Waals surface area contributed by atoms with E-state index in [2.05, 4.69) is 4.98 Å². The van der Waals surface area contributed by atoms with E-state index < -0.39 is 0 Å². The number of aryl methyl sites for hydroxylation is 1. The molecule has 0 fully saturated rings. The fourth-order valence-corrected chi connectivity index (χ4v) is 4.73. The van der Waals surface area contributed by atoms with Gasteiger partial charge in [-0.3, -0.25) is 19.3 Å². The normalized spacial score (nSPS) is 14.9. The molecule has 2 amide bonds. The first-order chi connectivity index (χ1) is 16.4. The Labute approximate surface area is 200 Å². The number of fused-ring (bicyclic) bond motifs is 2. The molecule has 0 aliphatic carbocycles. The van der Waals surface area contributed by atoms with Crippen molar-refractivity contribution in [3.05, 3.63) is 52.3 Å². The van der Waals surface area contributed by atoms with E-state index in [0.717, 1.165) is 22.7 Å². The molecule has 5 rings (SSSR count). The monoisotopic (exact) mass is 477 g/mol. The molecule has 174 valence electrons. The van der Waals surface area contributed by atoms with Gasteiger partial charge in [-0.2, -0.15) is 0 Å². The predicted octanol–water partition coefficient (Wildman–Crippen LogP) is 3.86. The number of carbonyl (C=O) groups excluding carboxylic acids is 3. The maximum atomic E-state index is 13.3. The number of hydrogen-bond donors (Lipinski definition) is 0. The summed E-state index contributed by atoms with van der Waals surface area (Å²) < 4.78 is 11.1. The van der Waals surface area contributed by atoms with Crippen LogP contribution in [0.1, 0.15) is 28.7 Å². The highest BCUT2D eigenvalue weighted by atomic mass is 32.1. The van der Waals surface area contributed by atoms with E-state index in [4.69, 9.17) is 9.47 Å². The van der Waals surface area contributed by atoms with Gasteiger partial charge in [-0.15, -0.1) is 11.3 Å². The Morgan fingerprint density at radius 3 is 2.35 bits per heavy atom. The molecule has 1 aromatic heterocycles. The molecule has 3 aromatic rings. The number of Topliss-reactive ketones (excluding diaryl/α,β-unsaturated/α-hetero) is 1. The number of amides is 2. The molecule has 2 aliphatic heterocycles. The smallest absolute Gasteiger partial charge is 0.265 e. The summed E-state index contributed by atoms with van der Waals surface area (Å²) in [6.45, 7) is 4.17. The van der Waals surface area contributed by atoms with Crippen LogP contribution in [0.5, 0.6) is 11.5 Å². The summed E-state index contributed by atoms with van der Waals surface area (Å²) in [6.07, 6.45) is 0.781. The van der Waals surface area contributed by atoms with Gasteiger partial charge < -0.3 is 14.4 Å². The van der Waals surface area contributed by atoms with Crippen molar-refractivity contribution in [2.24, 2.45) is 0 Å². The minimum Gasteiger partial charge on any atom is -0.482 e. The first kappa shape index (κ1) is 22.1. The van der Waals surface area contributed by atoms with E-state index >= 15 is 0 Å². The van der Waals surface area contributed by atoms with Crippen molar-refractivity contribution in [1.29, 1.82) is 0 Å². The lowest BCUT2D eigenvalue weighted by molar-refractivity contribution is -0.121. The first-order valence-electron chi connectivity index (χ1n) is 11.0. The molecule has 34 heavy (non-hydrogen) atoms. The number of benzene rings is 2. The number of rotatable bonds is 6. The number of nitrogens with zero attached hydrogens (tertiary/aromatic N) is 3. The van der Waals surface area contributed by atoms with Gasteiger partial charge in [0.05, 0.1) is 28.6 Å². The lowest BCUT2D eigenvalue weighted by Gasteiger charge is -2.30. The van der Waals surface area contributed by atoms with Gasteiger partial charge >= 0.3 is 0 Å². The molecular formula is C25H23N3O5S. The second-order valence-electron chi connectivity index (χ2n) is 8.14. The standard InChI is InChI=1S/C25H23N3O5S/c1-3-8-27-19-10-17(5-7-22(19)32-12-24(27)30)21(29)11-28-20-9-16(18-14-34-15(2)26-18)4-6-23(20)33-13-25(28)31/h4-7,9-10,14H,3,8,11-13H2,1-2H3. The third-order valence-electron chi connectivity index (χ3n) is 5.79. The Bertz CT molecular complexity index is 1300. The summed E-state index contributed by atoms with van der Waals surface area (Å²) in [5, 5.41) is 2.90. The van der Waals surface area contributed by atoms with Crippen molar-refractivity contribution in [3.63, 3.8) is 0 Å². The van der Waals surface area contributed by atoms with E-state index in [9.17, 15) is 14.4 Å². The summed E-state index contributed by atoms with van der Waals surface area (Å²) in [7, 11) is 0. The maximum absolute atomic E-state index is 13.3. The SMILES string of the molecule is CCCN1C(=O)COc2ccc(C(=O)CN3C(=O)COc4ccc(-c5csc(C)n5)cc43)cc21. The van der Waals surface area contributed by atoms with Gasteiger partial charge in [0.15, 0.2) is 19.0 Å². The van der Waals surface area contributed by atoms with Crippen molar-refractivity contribution in [2.75, 3.05) is 36.1 Å². The van der Waals surface area contributed by atoms with Crippen LogP contribution in [0.4, 0.5) is 11.4 Å². The molecule has 0 saturated carbocycles. The van der Waals surface area contributed by atoms with Crippen LogP contribution in [0.15, 0.2) is 41.8 Å².